The lowest BCUT2D eigenvalue weighted by Gasteiger charge is -2.35. The Kier molecular flexibility index (Phi) is 13.7. The van der Waals surface area contributed by atoms with E-state index in [9.17, 15) is 0 Å². The van der Waals surface area contributed by atoms with Crippen molar-refractivity contribution in [3.05, 3.63) is 427 Å². The van der Waals surface area contributed by atoms with Gasteiger partial charge in [-0.3, -0.25) is 0 Å². The molecule has 0 saturated carbocycles. The standard InChI is InChI=1S/C111H63N5O3/c1-2-28-70-69(27-1)73-31-6-14-45-90(73)111(93-48-17-9-35-77(93)78-36-10-18-49-94(78)111)96-62-68(53-56-79(70)96)107-114-108(85-42-22-39-81-80-37-11-19-50-99(80)118-104(81)85)116-109(115-107)86-43-23-40-82-88-60-65(55-58-101(88)119-105(82)86)64-25-21-26-66(59-64)97-63-98(83-41-24-52-102-103(83)84-38-12-20-51-100(84)117-102)113-106(112-97)67-54-57-95-87(61-67)72-30-4-3-29-71(72)74-32-5-13-44-89(74)110(95)91-46-15-7-33-75(91)76-34-8-16-47-92(76)110/h1-63H. The Morgan fingerprint density at radius 1 is 0.168 bits per heavy atom. The van der Waals surface area contributed by atoms with E-state index < -0.39 is 10.8 Å². The largest absolute Gasteiger partial charge is 0.456 e. The average Bonchev–Trinajstić information content (AvgIpc) is 1.52. The van der Waals surface area contributed by atoms with Crippen molar-refractivity contribution in [2.75, 3.05) is 0 Å². The summed E-state index contributed by atoms with van der Waals surface area (Å²) in [4.78, 5) is 28.1. The fraction of sp³-hybridized carbons (Fsp3) is 0.0180. The molecule has 550 valence electrons. The topological polar surface area (TPSA) is 104 Å². The molecule has 17 aromatic carbocycles. The van der Waals surface area contributed by atoms with Crippen LogP contribution >= 0.6 is 0 Å². The first kappa shape index (κ1) is 65.6. The fourth-order valence-electron chi connectivity index (χ4n) is 20.9. The number of rotatable bonds is 7. The van der Waals surface area contributed by atoms with Gasteiger partial charge in [0.2, 0.25) is 0 Å². The van der Waals surface area contributed by atoms with Gasteiger partial charge < -0.3 is 13.3 Å². The van der Waals surface area contributed by atoms with Gasteiger partial charge in [-0.1, -0.05) is 315 Å². The zero-order valence-electron chi connectivity index (χ0n) is 63.8. The number of furan rings is 3. The van der Waals surface area contributed by atoms with Crippen LogP contribution in [0.15, 0.2) is 395 Å². The molecule has 26 rings (SSSR count). The molecule has 8 heteroatoms. The van der Waals surface area contributed by atoms with Crippen LogP contribution < -0.4 is 0 Å². The van der Waals surface area contributed by atoms with Crippen molar-refractivity contribution in [3.8, 4) is 146 Å². The number of hydrogen-bond acceptors (Lipinski definition) is 8. The molecule has 0 bridgehead atoms. The summed E-state index contributed by atoms with van der Waals surface area (Å²) >= 11 is 0. The minimum Gasteiger partial charge on any atom is -0.456 e. The Hall–Kier alpha value is -15.8. The normalized spacial score (nSPS) is 13.3. The van der Waals surface area contributed by atoms with Crippen molar-refractivity contribution in [2.45, 2.75) is 10.8 Å². The third kappa shape index (κ3) is 9.25. The second kappa shape index (κ2) is 24.9. The molecule has 2 spiro atoms. The summed E-state index contributed by atoms with van der Waals surface area (Å²) in [6.45, 7) is 0. The van der Waals surface area contributed by atoms with Crippen molar-refractivity contribution in [1.82, 2.24) is 24.9 Å². The van der Waals surface area contributed by atoms with Crippen molar-refractivity contribution in [1.29, 1.82) is 0 Å². The Morgan fingerprint density at radius 2 is 0.529 bits per heavy atom. The van der Waals surface area contributed by atoms with Crippen LogP contribution in [0, 0.1) is 0 Å². The van der Waals surface area contributed by atoms with Crippen molar-refractivity contribution < 1.29 is 13.3 Å². The van der Waals surface area contributed by atoms with E-state index >= 15 is 0 Å². The Labute approximate surface area is 683 Å². The quantitative estimate of drug-likeness (QED) is 0.155. The predicted molar refractivity (Wildman–Crippen MR) is 479 cm³/mol. The molecule has 22 aromatic rings. The minimum atomic E-state index is -0.725. The maximum absolute atomic E-state index is 7.16. The molecule has 0 radical (unpaired) electrons. The maximum Gasteiger partial charge on any atom is 0.167 e. The summed E-state index contributed by atoms with van der Waals surface area (Å²) in [6, 6.07) is 138. The highest BCUT2D eigenvalue weighted by Gasteiger charge is 2.52. The lowest BCUT2D eigenvalue weighted by atomic mass is 9.65. The predicted octanol–water partition coefficient (Wildman–Crippen LogP) is 28.0. The zero-order valence-corrected chi connectivity index (χ0v) is 63.8. The molecule has 5 aromatic heterocycles. The molecule has 0 amide bonds. The van der Waals surface area contributed by atoms with E-state index in [-0.39, 0.29) is 0 Å². The van der Waals surface area contributed by atoms with Crippen LogP contribution in [0.5, 0.6) is 0 Å². The number of fused-ring (bicyclic) bond motifs is 33. The molecule has 119 heavy (non-hydrogen) atoms. The summed E-state index contributed by atoms with van der Waals surface area (Å²) in [7, 11) is 0. The second-order valence-corrected chi connectivity index (χ2v) is 31.8. The first-order valence-electron chi connectivity index (χ1n) is 40.6. The summed E-state index contributed by atoms with van der Waals surface area (Å²) in [5.41, 5.74) is 35.9. The van der Waals surface area contributed by atoms with Gasteiger partial charge in [0.05, 0.1) is 33.3 Å². The lowest BCUT2D eigenvalue weighted by molar-refractivity contribution is 0.668. The number of benzene rings is 17. The van der Waals surface area contributed by atoms with Crippen molar-refractivity contribution in [2.24, 2.45) is 0 Å². The van der Waals surface area contributed by atoms with E-state index in [0.717, 1.165) is 138 Å². The van der Waals surface area contributed by atoms with E-state index in [1.54, 1.807) is 0 Å². The summed E-state index contributed by atoms with van der Waals surface area (Å²) in [5, 5.41) is 5.89. The van der Waals surface area contributed by atoms with Crippen LogP contribution in [0.4, 0.5) is 0 Å². The van der Waals surface area contributed by atoms with Gasteiger partial charge in [0, 0.05) is 54.6 Å². The number of para-hydroxylation sites is 4. The van der Waals surface area contributed by atoms with Crippen LogP contribution in [0.25, 0.3) is 212 Å². The lowest BCUT2D eigenvalue weighted by Crippen LogP contribution is -2.29. The van der Waals surface area contributed by atoms with Crippen LogP contribution in [-0.4, -0.2) is 24.9 Å². The average molecular weight is 1510 g/mol. The number of aromatic nitrogens is 5. The summed E-state index contributed by atoms with van der Waals surface area (Å²) in [6.07, 6.45) is 0. The first-order valence-corrected chi connectivity index (χ1v) is 40.6. The molecule has 0 unspecified atom stereocenters. The minimum absolute atomic E-state index is 0.462. The third-order valence-corrected chi connectivity index (χ3v) is 25.9. The van der Waals surface area contributed by atoms with Gasteiger partial charge in [0.15, 0.2) is 23.3 Å². The third-order valence-electron chi connectivity index (χ3n) is 25.9. The molecule has 0 aliphatic heterocycles. The number of nitrogens with zero attached hydrogens (tertiary/aromatic N) is 5. The molecule has 4 aliphatic rings. The summed E-state index contributed by atoms with van der Waals surface area (Å²) < 4.78 is 20.6. The molecular formula is C111H63N5O3. The van der Waals surface area contributed by atoms with Gasteiger partial charge in [-0.25, -0.2) is 24.9 Å². The smallest absolute Gasteiger partial charge is 0.167 e. The van der Waals surface area contributed by atoms with Gasteiger partial charge in [0.1, 0.15) is 33.5 Å². The fourth-order valence-corrected chi connectivity index (χ4v) is 20.9. The van der Waals surface area contributed by atoms with Crippen molar-refractivity contribution >= 4 is 65.8 Å². The Morgan fingerprint density at radius 3 is 1.12 bits per heavy atom. The van der Waals surface area contributed by atoms with Gasteiger partial charge in [-0.05, 0) is 189 Å². The SMILES string of the molecule is c1cc(-c2ccc3oc4c(-c5nc(-c6ccc7c(c6)C6(c8ccccc8-c8ccccc8-7)c7ccccc7-c7ccccc76)nc(-c6cccc7c6oc6ccccc67)n5)cccc4c3c2)cc(-c2cc(-c3cccc4oc5ccccc5c34)nc(-c3ccc4c(c3)-c3ccccc3-c3ccccc3C43c4ccccc4-c4ccccc43)n2)c1. The monoisotopic (exact) mass is 1510 g/mol. The molecule has 0 atom stereocenters. The summed E-state index contributed by atoms with van der Waals surface area (Å²) in [5.74, 6) is 2.05. The van der Waals surface area contributed by atoms with Gasteiger partial charge in [-0.2, -0.15) is 0 Å². The molecular weight excluding hydrogens is 1450 g/mol. The molecule has 8 nitrogen and oxygen atoms in total. The number of hydrogen-bond donors (Lipinski definition) is 0. The highest BCUT2D eigenvalue weighted by molar-refractivity contribution is 6.14. The van der Waals surface area contributed by atoms with Crippen LogP contribution in [0.2, 0.25) is 0 Å². The highest BCUT2D eigenvalue weighted by Crippen LogP contribution is 2.64. The second-order valence-electron chi connectivity index (χ2n) is 31.8. The van der Waals surface area contributed by atoms with E-state index in [1.807, 2.05) is 30.3 Å². The molecule has 0 saturated heterocycles. The van der Waals surface area contributed by atoms with E-state index in [0.29, 0.717) is 34.5 Å². The molecule has 0 N–H and O–H groups in total. The van der Waals surface area contributed by atoms with Gasteiger partial charge >= 0.3 is 0 Å². The van der Waals surface area contributed by atoms with Crippen molar-refractivity contribution in [3.63, 3.8) is 0 Å². The molecule has 5 heterocycles. The van der Waals surface area contributed by atoms with E-state index in [2.05, 4.69) is 352 Å². The molecule has 0 fully saturated rings. The van der Waals surface area contributed by atoms with Crippen LogP contribution in [0.1, 0.15) is 44.5 Å². The Balaban J connectivity index is 0.636. The van der Waals surface area contributed by atoms with E-state index in [4.69, 9.17) is 38.2 Å². The van der Waals surface area contributed by atoms with Crippen LogP contribution in [-0.2, 0) is 10.8 Å². The Bertz CT molecular complexity index is 8090. The van der Waals surface area contributed by atoms with Crippen LogP contribution in [0.3, 0.4) is 0 Å². The van der Waals surface area contributed by atoms with E-state index in [1.165, 1.54) is 83.5 Å². The first-order chi connectivity index (χ1) is 59.0. The highest BCUT2D eigenvalue weighted by atomic mass is 16.3. The molecule has 4 aliphatic carbocycles. The van der Waals surface area contributed by atoms with Gasteiger partial charge in [-0.15, -0.1) is 0 Å². The van der Waals surface area contributed by atoms with Gasteiger partial charge in [0.25, 0.3) is 0 Å². The zero-order chi connectivity index (χ0) is 77.8. The maximum atomic E-state index is 7.16.